The zero-order valence-corrected chi connectivity index (χ0v) is 16.8. The van der Waals surface area contributed by atoms with E-state index in [2.05, 4.69) is 10.3 Å². The Labute approximate surface area is 173 Å². The molecule has 0 fully saturated rings. The van der Waals surface area contributed by atoms with Crippen LogP contribution in [-0.2, 0) is 27.4 Å². The van der Waals surface area contributed by atoms with Crippen molar-refractivity contribution in [3.05, 3.63) is 52.5 Å². The second-order valence-electron chi connectivity index (χ2n) is 5.89. The quantitative estimate of drug-likeness (QED) is 0.477. The molecule has 0 aliphatic heterocycles. The Balaban J connectivity index is 1.70. The third kappa shape index (κ3) is 9.88. The molecule has 2 rings (SSSR count). The minimum absolute atomic E-state index is 0.188. The number of carbonyl (C=O) groups is 2. The molecule has 1 aromatic carbocycles. The van der Waals surface area contributed by atoms with E-state index in [0.29, 0.717) is 32.9 Å². The van der Waals surface area contributed by atoms with Gasteiger partial charge in [0, 0.05) is 25.8 Å². The highest BCUT2D eigenvalue weighted by Crippen LogP contribution is 2.10. The van der Waals surface area contributed by atoms with Crippen LogP contribution >= 0.6 is 11.3 Å². The second-order valence-corrected chi connectivity index (χ2v) is 6.86. The van der Waals surface area contributed by atoms with Crippen LogP contribution in [0.4, 0.5) is 9.59 Å². The van der Waals surface area contributed by atoms with Gasteiger partial charge in [0.05, 0.1) is 36.8 Å². The molecule has 0 atom stereocenters. The molecule has 0 saturated heterocycles. The number of nitrogens with zero attached hydrogens (tertiary/aromatic N) is 2. The predicted molar refractivity (Wildman–Crippen MR) is 107 cm³/mol. The molecule has 10 heteroatoms. The molecule has 0 saturated carbocycles. The van der Waals surface area contributed by atoms with E-state index in [1.165, 1.54) is 11.3 Å². The lowest BCUT2D eigenvalue weighted by atomic mass is 10.2. The molecular formula is C19H25N3O6S. The summed E-state index contributed by atoms with van der Waals surface area (Å²) in [6.07, 6.45) is 0.182. The van der Waals surface area contributed by atoms with Crippen molar-refractivity contribution in [2.75, 3.05) is 39.5 Å². The van der Waals surface area contributed by atoms with Gasteiger partial charge in [-0.3, -0.25) is 4.98 Å². The van der Waals surface area contributed by atoms with Crippen molar-refractivity contribution in [2.24, 2.45) is 0 Å². The van der Waals surface area contributed by atoms with Crippen molar-refractivity contribution >= 4 is 23.5 Å². The Morgan fingerprint density at radius 3 is 2.55 bits per heavy atom. The molecule has 1 aromatic heterocycles. The highest BCUT2D eigenvalue weighted by Gasteiger charge is 2.16. The monoisotopic (exact) mass is 423 g/mol. The summed E-state index contributed by atoms with van der Waals surface area (Å²) in [5.41, 5.74) is 2.69. The van der Waals surface area contributed by atoms with Gasteiger partial charge in [-0.2, -0.15) is 0 Å². The number of nitrogens with one attached hydrogen (secondary N) is 1. The fourth-order valence-electron chi connectivity index (χ4n) is 2.30. The van der Waals surface area contributed by atoms with E-state index in [-0.39, 0.29) is 19.8 Å². The number of thiazole rings is 1. The van der Waals surface area contributed by atoms with Crippen molar-refractivity contribution in [1.29, 1.82) is 0 Å². The molecule has 29 heavy (non-hydrogen) atoms. The van der Waals surface area contributed by atoms with Crippen molar-refractivity contribution in [1.82, 2.24) is 15.2 Å². The molecule has 9 nitrogen and oxygen atoms in total. The maximum atomic E-state index is 12.5. The average Bonchev–Trinajstić information content (AvgIpc) is 3.24. The summed E-state index contributed by atoms with van der Waals surface area (Å²) in [5.74, 6) is 0. The van der Waals surface area contributed by atoms with Gasteiger partial charge >= 0.3 is 12.2 Å². The Kier molecular flexibility index (Phi) is 10.5. The number of hydrogen-bond acceptors (Lipinski definition) is 7. The number of carboxylic acid groups (broad SMARTS) is 1. The maximum Gasteiger partial charge on any atom is 0.410 e. The zero-order chi connectivity index (χ0) is 20.7. The molecule has 0 aliphatic rings. The van der Waals surface area contributed by atoms with Crippen molar-refractivity contribution in [2.45, 2.75) is 13.2 Å². The van der Waals surface area contributed by atoms with E-state index in [1.54, 1.807) is 16.6 Å². The van der Waals surface area contributed by atoms with Crippen LogP contribution in [0.5, 0.6) is 0 Å². The molecule has 1 heterocycles. The first-order valence-corrected chi connectivity index (χ1v) is 9.98. The summed E-state index contributed by atoms with van der Waals surface area (Å²) < 4.78 is 16.1. The number of benzene rings is 1. The Bertz CT molecular complexity index is 714. The van der Waals surface area contributed by atoms with Crippen molar-refractivity contribution < 1.29 is 28.9 Å². The molecular weight excluding hydrogens is 398 g/mol. The standard InChI is InChI=1S/C19H25N3O6S/c23-18(24)21-6-8-26-10-11-27-9-7-22(13-16-4-2-1-3-5-16)19(25)28-14-17-12-20-15-29-17/h1-5,12,15,21H,6-11,13-14H2,(H,23,24). The lowest BCUT2D eigenvalue weighted by Gasteiger charge is -2.22. The molecule has 2 aromatic rings. The molecule has 0 bridgehead atoms. The lowest BCUT2D eigenvalue weighted by molar-refractivity contribution is 0.0344. The van der Waals surface area contributed by atoms with Gasteiger partial charge in [0.25, 0.3) is 0 Å². The average molecular weight is 423 g/mol. The first kappa shape index (κ1) is 22.6. The largest absolute Gasteiger partial charge is 0.465 e. The van der Waals surface area contributed by atoms with E-state index < -0.39 is 12.2 Å². The van der Waals surface area contributed by atoms with E-state index >= 15 is 0 Å². The number of amides is 2. The molecule has 158 valence electrons. The number of rotatable bonds is 13. The summed E-state index contributed by atoms with van der Waals surface area (Å²) in [4.78, 5) is 29.2. The number of carbonyl (C=O) groups excluding carboxylic acids is 1. The Morgan fingerprint density at radius 2 is 1.86 bits per heavy atom. The Morgan fingerprint density at radius 1 is 1.10 bits per heavy atom. The smallest absolute Gasteiger partial charge is 0.410 e. The van der Waals surface area contributed by atoms with Crippen molar-refractivity contribution in [3.63, 3.8) is 0 Å². The highest BCUT2D eigenvalue weighted by atomic mass is 32.1. The van der Waals surface area contributed by atoms with Crippen LogP contribution in [0, 0.1) is 0 Å². The van der Waals surface area contributed by atoms with Crippen LogP contribution in [0.2, 0.25) is 0 Å². The van der Waals surface area contributed by atoms with Crippen molar-refractivity contribution in [3.8, 4) is 0 Å². The third-order valence-electron chi connectivity index (χ3n) is 3.70. The van der Waals surface area contributed by atoms with Crippen LogP contribution in [0.3, 0.4) is 0 Å². The summed E-state index contributed by atoms with van der Waals surface area (Å²) in [7, 11) is 0. The highest BCUT2D eigenvalue weighted by molar-refractivity contribution is 7.09. The van der Waals surface area contributed by atoms with Gasteiger partial charge in [-0.1, -0.05) is 30.3 Å². The first-order valence-electron chi connectivity index (χ1n) is 9.10. The fraction of sp³-hybridized carbons (Fsp3) is 0.421. The van der Waals surface area contributed by atoms with Crippen LogP contribution < -0.4 is 5.32 Å². The molecule has 0 aliphatic carbocycles. The summed E-state index contributed by atoms with van der Waals surface area (Å²) in [5, 5.41) is 10.7. The van der Waals surface area contributed by atoms with Gasteiger partial charge in [-0.05, 0) is 5.56 Å². The molecule has 2 N–H and O–H groups in total. The molecule has 0 spiro atoms. The van der Waals surface area contributed by atoms with Gasteiger partial charge in [-0.15, -0.1) is 11.3 Å². The summed E-state index contributed by atoms with van der Waals surface area (Å²) >= 11 is 1.43. The number of ether oxygens (including phenoxy) is 3. The first-order chi connectivity index (χ1) is 14.1. The van der Waals surface area contributed by atoms with Gasteiger partial charge in [0.1, 0.15) is 6.61 Å². The van der Waals surface area contributed by atoms with E-state index in [9.17, 15) is 9.59 Å². The summed E-state index contributed by atoms with van der Waals surface area (Å²) in [6, 6.07) is 9.66. The minimum atomic E-state index is -1.08. The number of hydrogen-bond donors (Lipinski definition) is 2. The zero-order valence-electron chi connectivity index (χ0n) is 16.0. The molecule has 2 amide bonds. The maximum absolute atomic E-state index is 12.5. The van der Waals surface area contributed by atoms with Gasteiger partial charge in [0.15, 0.2) is 0 Å². The SMILES string of the molecule is O=C(O)NCCOCCOCCN(Cc1ccccc1)C(=O)OCc1cncs1. The second kappa shape index (κ2) is 13.5. The van der Waals surface area contributed by atoms with Crippen LogP contribution in [0.25, 0.3) is 0 Å². The fourth-order valence-corrected chi connectivity index (χ4v) is 2.81. The summed E-state index contributed by atoms with van der Waals surface area (Å²) in [6.45, 7) is 2.51. The topological polar surface area (TPSA) is 110 Å². The van der Waals surface area contributed by atoms with Gasteiger partial charge in [-0.25, -0.2) is 9.59 Å². The number of aromatic nitrogens is 1. The molecule has 0 unspecified atom stereocenters. The lowest BCUT2D eigenvalue weighted by Crippen LogP contribution is -2.34. The normalized spacial score (nSPS) is 10.5. The van der Waals surface area contributed by atoms with E-state index in [1.807, 2.05) is 30.3 Å². The minimum Gasteiger partial charge on any atom is -0.465 e. The van der Waals surface area contributed by atoms with Crippen LogP contribution in [-0.4, -0.2) is 66.7 Å². The van der Waals surface area contributed by atoms with E-state index in [0.717, 1.165) is 10.4 Å². The molecule has 0 radical (unpaired) electrons. The van der Waals surface area contributed by atoms with Crippen LogP contribution in [0.1, 0.15) is 10.4 Å². The predicted octanol–water partition coefficient (Wildman–Crippen LogP) is 2.58. The van der Waals surface area contributed by atoms with E-state index in [4.69, 9.17) is 19.3 Å². The third-order valence-corrected chi connectivity index (χ3v) is 4.45. The van der Waals surface area contributed by atoms with Crippen LogP contribution in [0.15, 0.2) is 42.0 Å². The van der Waals surface area contributed by atoms with Gasteiger partial charge in [0.2, 0.25) is 0 Å². The Hall–Kier alpha value is -2.69. The van der Waals surface area contributed by atoms with Gasteiger partial charge < -0.3 is 29.5 Å².